The number of rotatable bonds is 7. The van der Waals surface area contributed by atoms with Crippen LogP contribution >= 0.6 is 0 Å². The molecule has 0 bridgehead atoms. The summed E-state index contributed by atoms with van der Waals surface area (Å²) in [6.07, 6.45) is 3.47. The molecule has 166 valence electrons. The summed E-state index contributed by atoms with van der Waals surface area (Å²) in [7, 11) is 0. The number of aromatic nitrogens is 1. The molecule has 0 fully saturated rings. The number of carbonyl (C=O) groups is 3. The molecule has 6 heteroatoms. The molecule has 0 saturated heterocycles. The van der Waals surface area contributed by atoms with Gasteiger partial charge in [-0.25, -0.2) is 0 Å². The fourth-order valence-corrected chi connectivity index (χ4v) is 4.23. The average Bonchev–Trinajstić information content (AvgIpc) is 3.02. The van der Waals surface area contributed by atoms with Crippen LogP contribution in [-0.2, 0) is 11.2 Å². The SMILES string of the molecule is CCCCC(NC(=O)c1[nH]c2c(c1C)C(=O)CC(C)(C)C2)C(=O)Nc1ccc(C)cc1. The number of Topliss-reactive ketones (excluding diaryl/α,β-unsaturated/α-hetero) is 1. The molecule has 31 heavy (non-hydrogen) atoms. The van der Waals surface area contributed by atoms with Gasteiger partial charge in [0.2, 0.25) is 5.91 Å². The third kappa shape index (κ3) is 5.24. The Labute approximate surface area is 184 Å². The summed E-state index contributed by atoms with van der Waals surface area (Å²) in [5.74, 6) is -0.520. The van der Waals surface area contributed by atoms with Crippen molar-refractivity contribution in [3.8, 4) is 0 Å². The third-order valence-corrected chi connectivity index (χ3v) is 5.92. The van der Waals surface area contributed by atoms with E-state index in [0.717, 1.165) is 30.5 Å². The van der Waals surface area contributed by atoms with E-state index in [2.05, 4.69) is 29.5 Å². The molecule has 1 atom stereocenters. The Kier molecular flexibility index (Phi) is 6.68. The molecule has 0 aliphatic heterocycles. The molecule has 0 spiro atoms. The van der Waals surface area contributed by atoms with E-state index >= 15 is 0 Å². The van der Waals surface area contributed by atoms with Crippen molar-refractivity contribution in [1.29, 1.82) is 0 Å². The van der Waals surface area contributed by atoms with Crippen LogP contribution < -0.4 is 10.6 Å². The number of hydrogen-bond donors (Lipinski definition) is 3. The molecule has 1 heterocycles. The second kappa shape index (κ2) is 9.08. The van der Waals surface area contributed by atoms with Crippen LogP contribution in [0.4, 0.5) is 5.69 Å². The van der Waals surface area contributed by atoms with Gasteiger partial charge in [-0.15, -0.1) is 0 Å². The molecule has 3 rings (SSSR count). The van der Waals surface area contributed by atoms with Gasteiger partial charge in [-0.1, -0.05) is 51.3 Å². The minimum Gasteiger partial charge on any atom is -0.354 e. The molecule has 6 nitrogen and oxygen atoms in total. The first-order chi connectivity index (χ1) is 14.6. The van der Waals surface area contributed by atoms with Crippen LogP contribution in [-0.4, -0.2) is 28.6 Å². The summed E-state index contributed by atoms with van der Waals surface area (Å²) < 4.78 is 0. The van der Waals surface area contributed by atoms with Crippen molar-refractivity contribution in [2.45, 2.75) is 72.8 Å². The Morgan fingerprint density at radius 3 is 2.45 bits per heavy atom. The zero-order valence-electron chi connectivity index (χ0n) is 19.1. The van der Waals surface area contributed by atoms with Gasteiger partial charge in [-0.05, 0) is 49.8 Å². The zero-order valence-corrected chi connectivity index (χ0v) is 19.1. The second-order valence-corrected chi connectivity index (χ2v) is 9.44. The number of hydrogen-bond acceptors (Lipinski definition) is 3. The summed E-state index contributed by atoms with van der Waals surface area (Å²) in [5.41, 5.74) is 4.18. The van der Waals surface area contributed by atoms with Crippen LogP contribution in [0.2, 0.25) is 0 Å². The van der Waals surface area contributed by atoms with E-state index in [1.165, 1.54) is 0 Å². The zero-order chi connectivity index (χ0) is 22.8. The van der Waals surface area contributed by atoms with Crippen LogP contribution in [0.25, 0.3) is 0 Å². The summed E-state index contributed by atoms with van der Waals surface area (Å²) in [6, 6.07) is 6.91. The number of carbonyl (C=O) groups excluding carboxylic acids is 3. The molecular formula is C25H33N3O3. The fraction of sp³-hybridized carbons (Fsp3) is 0.480. The van der Waals surface area contributed by atoms with Crippen LogP contribution in [0, 0.1) is 19.3 Å². The van der Waals surface area contributed by atoms with Crippen molar-refractivity contribution in [1.82, 2.24) is 10.3 Å². The summed E-state index contributed by atoms with van der Waals surface area (Å²) in [4.78, 5) is 41.8. The predicted octanol–water partition coefficient (Wildman–Crippen LogP) is 4.71. The number of nitrogens with one attached hydrogen (secondary N) is 3. The topological polar surface area (TPSA) is 91.1 Å². The lowest BCUT2D eigenvalue weighted by Crippen LogP contribution is -2.44. The molecule has 1 unspecified atom stereocenters. The second-order valence-electron chi connectivity index (χ2n) is 9.44. The van der Waals surface area contributed by atoms with Gasteiger partial charge in [0.05, 0.1) is 0 Å². The monoisotopic (exact) mass is 423 g/mol. The number of benzene rings is 1. The number of unbranched alkanes of at least 4 members (excludes halogenated alkanes) is 1. The van der Waals surface area contributed by atoms with Crippen molar-refractivity contribution >= 4 is 23.3 Å². The lowest BCUT2D eigenvalue weighted by atomic mass is 9.75. The third-order valence-electron chi connectivity index (χ3n) is 5.92. The van der Waals surface area contributed by atoms with Gasteiger partial charge >= 0.3 is 0 Å². The highest BCUT2D eigenvalue weighted by Gasteiger charge is 2.35. The van der Waals surface area contributed by atoms with Gasteiger partial charge in [0.1, 0.15) is 11.7 Å². The lowest BCUT2D eigenvalue weighted by Gasteiger charge is -2.28. The van der Waals surface area contributed by atoms with E-state index in [-0.39, 0.29) is 23.0 Å². The number of amides is 2. The number of aromatic amines is 1. The maximum atomic E-state index is 13.1. The van der Waals surface area contributed by atoms with E-state index in [0.29, 0.717) is 35.3 Å². The molecule has 0 radical (unpaired) electrons. The highest BCUT2D eigenvalue weighted by atomic mass is 16.2. The van der Waals surface area contributed by atoms with Gasteiger partial charge in [-0.3, -0.25) is 14.4 Å². The molecule has 1 aliphatic carbocycles. The molecule has 2 aromatic rings. The number of aryl methyl sites for hydroxylation is 1. The normalized spacial score (nSPS) is 15.8. The molecule has 1 aliphatic rings. The first-order valence-corrected chi connectivity index (χ1v) is 11.0. The fourth-order valence-electron chi connectivity index (χ4n) is 4.23. The minimum atomic E-state index is -0.652. The predicted molar refractivity (Wildman–Crippen MR) is 123 cm³/mol. The van der Waals surface area contributed by atoms with Gasteiger partial charge in [-0.2, -0.15) is 0 Å². The van der Waals surface area contributed by atoms with Crippen LogP contribution in [0.1, 0.15) is 84.1 Å². The number of ketones is 1. The number of anilines is 1. The highest BCUT2D eigenvalue weighted by Crippen LogP contribution is 2.36. The van der Waals surface area contributed by atoms with Crippen molar-refractivity contribution in [2.75, 3.05) is 5.32 Å². The van der Waals surface area contributed by atoms with Crippen LogP contribution in [0.15, 0.2) is 24.3 Å². The Balaban J connectivity index is 1.79. The minimum absolute atomic E-state index is 0.0682. The van der Waals surface area contributed by atoms with E-state index < -0.39 is 6.04 Å². The van der Waals surface area contributed by atoms with Crippen molar-refractivity contribution in [3.05, 3.63) is 52.3 Å². The first-order valence-electron chi connectivity index (χ1n) is 11.0. The van der Waals surface area contributed by atoms with Crippen LogP contribution in [0.5, 0.6) is 0 Å². The lowest BCUT2D eigenvalue weighted by molar-refractivity contribution is -0.118. The van der Waals surface area contributed by atoms with E-state index in [1.807, 2.05) is 38.1 Å². The number of fused-ring (bicyclic) bond motifs is 1. The van der Waals surface area contributed by atoms with Gasteiger partial charge in [0.15, 0.2) is 5.78 Å². The maximum Gasteiger partial charge on any atom is 0.268 e. The standard InChI is InChI=1S/C25H33N3O3/c1-6-7-8-18(23(30)26-17-11-9-15(2)10-12-17)28-24(31)22-16(3)21-19(27-22)13-25(4,5)14-20(21)29/h9-12,18,27H,6-8,13-14H2,1-5H3,(H,26,30)(H,28,31). The summed E-state index contributed by atoms with van der Waals surface area (Å²) >= 11 is 0. The van der Waals surface area contributed by atoms with Gasteiger partial charge in [0.25, 0.3) is 5.91 Å². The molecular weight excluding hydrogens is 390 g/mol. The van der Waals surface area contributed by atoms with E-state index in [1.54, 1.807) is 6.92 Å². The van der Waals surface area contributed by atoms with E-state index in [4.69, 9.17) is 0 Å². The molecule has 1 aromatic carbocycles. The maximum absolute atomic E-state index is 13.1. The Hall–Kier alpha value is -2.89. The quantitative estimate of drug-likeness (QED) is 0.602. The summed E-state index contributed by atoms with van der Waals surface area (Å²) in [5, 5.41) is 5.79. The van der Waals surface area contributed by atoms with Crippen molar-refractivity contribution < 1.29 is 14.4 Å². The Morgan fingerprint density at radius 2 is 1.81 bits per heavy atom. The molecule has 2 amide bonds. The van der Waals surface area contributed by atoms with Crippen molar-refractivity contribution in [2.24, 2.45) is 5.41 Å². The van der Waals surface area contributed by atoms with E-state index in [9.17, 15) is 14.4 Å². The largest absolute Gasteiger partial charge is 0.354 e. The number of H-pyrrole nitrogens is 1. The summed E-state index contributed by atoms with van der Waals surface area (Å²) in [6.45, 7) is 9.95. The van der Waals surface area contributed by atoms with Crippen LogP contribution in [0.3, 0.4) is 0 Å². The Morgan fingerprint density at radius 1 is 1.13 bits per heavy atom. The molecule has 3 N–H and O–H groups in total. The average molecular weight is 424 g/mol. The Bertz CT molecular complexity index is 986. The van der Waals surface area contributed by atoms with Gasteiger partial charge < -0.3 is 15.6 Å². The molecule has 0 saturated carbocycles. The van der Waals surface area contributed by atoms with Gasteiger partial charge in [0, 0.05) is 23.4 Å². The smallest absolute Gasteiger partial charge is 0.268 e. The first kappa shape index (κ1) is 22.8. The molecule has 1 aromatic heterocycles. The highest BCUT2D eigenvalue weighted by molar-refractivity contribution is 6.06. The van der Waals surface area contributed by atoms with Crippen molar-refractivity contribution in [3.63, 3.8) is 0 Å².